The molecular weight excluding hydrogens is 421 g/mol. The van der Waals surface area contributed by atoms with E-state index in [0.717, 1.165) is 17.8 Å². The van der Waals surface area contributed by atoms with Gasteiger partial charge in [-0.3, -0.25) is 9.59 Å². The Morgan fingerprint density at radius 2 is 2.13 bits per heavy atom. The van der Waals surface area contributed by atoms with Crippen LogP contribution in [-0.4, -0.2) is 46.7 Å². The summed E-state index contributed by atoms with van der Waals surface area (Å²) in [5.74, 6) is -0.819. The van der Waals surface area contributed by atoms with Crippen LogP contribution in [0.1, 0.15) is 33.1 Å². The van der Waals surface area contributed by atoms with Crippen molar-refractivity contribution in [3.8, 4) is 5.75 Å². The monoisotopic (exact) mass is 444 g/mol. The number of alkyl halides is 3. The van der Waals surface area contributed by atoms with E-state index in [1.165, 1.54) is 18.2 Å². The highest BCUT2D eigenvalue weighted by Gasteiger charge is 2.34. The smallest absolute Gasteiger partial charge is 0.406 e. The molecule has 2 amide bonds. The maximum atomic E-state index is 12.6. The van der Waals surface area contributed by atoms with Crippen molar-refractivity contribution in [2.45, 2.75) is 51.6 Å². The van der Waals surface area contributed by atoms with Crippen molar-refractivity contribution in [3.05, 3.63) is 18.2 Å². The number of aromatic nitrogens is 1. The second-order valence-corrected chi connectivity index (χ2v) is 8.58. The topological polar surface area (TPSA) is 97.6 Å². The zero-order valence-corrected chi connectivity index (χ0v) is 17.3. The summed E-state index contributed by atoms with van der Waals surface area (Å²) in [4.78, 5) is 30.9. The molecule has 3 rings (SSSR count). The van der Waals surface area contributed by atoms with E-state index in [2.05, 4.69) is 15.0 Å². The van der Waals surface area contributed by atoms with Gasteiger partial charge in [0.05, 0.1) is 16.3 Å². The number of likely N-dealkylation sites (tertiary alicyclic amines) is 1. The fourth-order valence-electron chi connectivity index (χ4n) is 3.35. The van der Waals surface area contributed by atoms with E-state index in [9.17, 15) is 22.8 Å². The van der Waals surface area contributed by atoms with Crippen LogP contribution in [0.3, 0.4) is 0 Å². The SMILES string of the molecule is CC(C)[C@H](N)C(=O)N1CCC[C@H]1CC(=O)Nc1nc2ccc(OC(F)(F)F)cc2s1. The molecule has 30 heavy (non-hydrogen) atoms. The van der Waals surface area contributed by atoms with Crippen molar-refractivity contribution in [3.63, 3.8) is 0 Å². The van der Waals surface area contributed by atoms with Crippen molar-refractivity contribution in [2.24, 2.45) is 11.7 Å². The van der Waals surface area contributed by atoms with Crippen molar-refractivity contribution in [1.82, 2.24) is 9.88 Å². The van der Waals surface area contributed by atoms with E-state index in [1.807, 2.05) is 13.8 Å². The standard InChI is InChI=1S/C19H23F3N4O3S/c1-10(2)16(23)17(28)26-7-3-4-11(26)8-15(27)25-18-24-13-6-5-12(9-14(13)30-18)29-19(20,21)22/h5-6,9-11,16H,3-4,7-8,23H2,1-2H3,(H,24,25,27)/t11-,16-/m0/s1. The number of benzene rings is 1. The molecule has 0 saturated carbocycles. The fraction of sp³-hybridized carbons (Fsp3) is 0.526. The molecule has 164 valence electrons. The summed E-state index contributed by atoms with van der Waals surface area (Å²) in [5, 5.41) is 2.95. The first-order valence-corrected chi connectivity index (χ1v) is 10.4. The molecule has 1 fully saturated rings. The Morgan fingerprint density at radius 3 is 2.80 bits per heavy atom. The van der Waals surface area contributed by atoms with Crippen molar-refractivity contribution >= 4 is 38.5 Å². The molecule has 1 aromatic heterocycles. The van der Waals surface area contributed by atoms with Gasteiger partial charge in [0, 0.05) is 25.1 Å². The molecule has 1 aliphatic heterocycles. The summed E-state index contributed by atoms with van der Waals surface area (Å²) in [6, 6.07) is 2.95. The van der Waals surface area contributed by atoms with Gasteiger partial charge in [0.1, 0.15) is 5.75 Å². The van der Waals surface area contributed by atoms with Crippen LogP contribution in [0.15, 0.2) is 18.2 Å². The lowest BCUT2D eigenvalue weighted by Crippen LogP contribution is -2.49. The molecular formula is C19H23F3N4O3S. The molecule has 3 N–H and O–H groups in total. The molecule has 2 atom stereocenters. The van der Waals surface area contributed by atoms with Gasteiger partial charge in [0.25, 0.3) is 0 Å². The third-order valence-electron chi connectivity index (χ3n) is 4.92. The highest BCUT2D eigenvalue weighted by atomic mass is 32.1. The predicted molar refractivity (Wildman–Crippen MR) is 107 cm³/mol. The van der Waals surface area contributed by atoms with Gasteiger partial charge in [-0.25, -0.2) is 4.98 Å². The molecule has 1 saturated heterocycles. The number of thiazole rings is 1. The van der Waals surface area contributed by atoms with Gasteiger partial charge in [0.15, 0.2) is 5.13 Å². The van der Waals surface area contributed by atoms with Crippen LogP contribution in [0, 0.1) is 5.92 Å². The van der Waals surface area contributed by atoms with Gasteiger partial charge in [-0.15, -0.1) is 13.2 Å². The number of nitrogens with two attached hydrogens (primary N) is 1. The zero-order valence-electron chi connectivity index (χ0n) is 16.5. The summed E-state index contributed by atoms with van der Waals surface area (Å²) < 4.78 is 41.5. The van der Waals surface area contributed by atoms with Crippen molar-refractivity contribution in [2.75, 3.05) is 11.9 Å². The first-order valence-electron chi connectivity index (χ1n) is 9.56. The first kappa shape index (κ1) is 22.3. The minimum Gasteiger partial charge on any atom is -0.406 e. The average molecular weight is 444 g/mol. The number of hydrogen-bond donors (Lipinski definition) is 2. The Labute approximate surface area is 175 Å². The maximum absolute atomic E-state index is 12.6. The van der Waals surface area contributed by atoms with Gasteiger partial charge in [0.2, 0.25) is 11.8 Å². The number of amides is 2. The van der Waals surface area contributed by atoms with Crippen LogP contribution in [0.5, 0.6) is 5.75 Å². The highest BCUT2D eigenvalue weighted by molar-refractivity contribution is 7.22. The zero-order chi connectivity index (χ0) is 22.1. The Bertz CT molecular complexity index is 931. The number of carbonyl (C=O) groups excluding carboxylic acids is 2. The Hall–Kier alpha value is -2.40. The lowest BCUT2D eigenvalue weighted by atomic mass is 10.0. The molecule has 1 aliphatic rings. The number of fused-ring (bicyclic) bond motifs is 1. The van der Waals surface area contributed by atoms with E-state index < -0.39 is 12.4 Å². The third-order valence-corrected chi connectivity index (χ3v) is 5.86. The number of nitrogens with zero attached hydrogens (tertiary/aromatic N) is 2. The molecule has 11 heteroatoms. The van der Waals surface area contributed by atoms with Crippen LogP contribution in [0.4, 0.5) is 18.3 Å². The summed E-state index contributed by atoms with van der Waals surface area (Å²) in [7, 11) is 0. The second kappa shape index (κ2) is 8.76. The van der Waals surface area contributed by atoms with E-state index in [4.69, 9.17) is 5.73 Å². The maximum Gasteiger partial charge on any atom is 0.573 e. The predicted octanol–water partition coefficient (Wildman–Crippen LogP) is 3.50. The largest absolute Gasteiger partial charge is 0.573 e. The number of ether oxygens (including phenoxy) is 1. The fourth-order valence-corrected chi connectivity index (χ4v) is 4.27. The number of hydrogen-bond acceptors (Lipinski definition) is 6. The van der Waals surface area contributed by atoms with Crippen LogP contribution in [-0.2, 0) is 9.59 Å². The van der Waals surface area contributed by atoms with Gasteiger partial charge in [-0.05, 0) is 30.9 Å². The summed E-state index contributed by atoms with van der Waals surface area (Å²) in [6.45, 7) is 4.32. The van der Waals surface area contributed by atoms with Crippen LogP contribution in [0.2, 0.25) is 0 Å². The Morgan fingerprint density at radius 1 is 1.40 bits per heavy atom. The molecule has 0 spiro atoms. The molecule has 7 nitrogen and oxygen atoms in total. The third kappa shape index (κ3) is 5.39. The van der Waals surface area contributed by atoms with Crippen molar-refractivity contribution in [1.29, 1.82) is 0 Å². The first-order chi connectivity index (χ1) is 14.0. The van der Waals surface area contributed by atoms with E-state index in [-0.39, 0.29) is 41.1 Å². The Balaban J connectivity index is 1.64. The van der Waals surface area contributed by atoms with Gasteiger partial charge in [-0.1, -0.05) is 25.2 Å². The van der Waals surface area contributed by atoms with E-state index in [0.29, 0.717) is 23.2 Å². The molecule has 0 aliphatic carbocycles. The summed E-state index contributed by atoms with van der Waals surface area (Å²) >= 11 is 1.05. The van der Waals surface area contributed by atoms with Gasteiger partial charge >= 0.3 is 6.36 Å². The molecule has 1 aromatic carbocycles. The molecule has 0 radical (unpaired) electrons. The number of carbonyl (C=O) groups is 2. The normalized spacial score (nSPS) is 18.1. The lowest BCUT2D eigenvalue weighted by Gasteiger charge is -2.28. The lowest BCUT2D eigenvalue weighted by molar-refractivity contribution is -0.274. The number of anilines is 1. The molecule has 2 aromatic rings. The highest BCUT2D eigenvalue weighted by Crippen LogP contribution is 2.32. The molecule has 0 bridgehead atoms. The minimum absolute atomic E-state index is 0.00143. The van der Waals surface area contributed by atoms with Gasteiger partial charge < -0.3 is 20.7 Å². The minimum atomic E-state index is -4.78. The summed E-state index contributed by atoms with van der Waals surface area (Å²) in [5.41, 5.74) is 6.42. The molecule has 2 heterocycles. The second-order valence-electron chi connectivity index (χ2n) is 7.55. The number of rotatable bonds is 6. The Kier molecular flexibility index (Phi) is 6.51. The quantitative estimate of drug-likeness (QED) is 0.711. The number of halogens is 3. The van der Waals surface area contributed by atoms with Gasteiger partial charge in [-0.2, -0.15) is 0 Å². The van der Waals surface area contributed by atoms with Crippen LogP contribution >= 0.6 is 11.3 Å². The van der Waals surface area contributed by atoms with E-state index >= 15 is 0 Å². The average Bonchev–Trinajstić information content (AvgIpc) is 3.24. The molecule has 0 unspecified atom stereocenters. The summed E-state index contributed by atoms with van der Waals surface area (Å²) in [6.07, 6.45) is -3.16. The van der Waals surface area contributed by atoms with E-state index in [1.54, 1.807) is 4.90 Å². The van der Waals surface area contributed by atoms with Crippen LogP contribution < -0.4 is 15.8 Å². The number of nitrogens with one attached hydrogen (secondary N) is 1. The van der Waals surface area contributed by atoms with Crippen LogP contribution in [0.25, 0.3) is 10.2 Å². The van der Waals surface area contributed by atoms with Crippen molar-refractivity contribution < 1.29 is 27.5 Å².